The highest BCUT2D eigenvalue weighted by molar-refractivity contribution is 5.81. The number of hydrazone groups is 1. The van der Waals surface area contributed by atoms with Gasteiger partial charge in [-0.25, -0.2) is 9.89 Å². The van der Waals surface area contributed by atoms with Crippen molar-refractivity contribution in [1.29, 1.82) is 0 Å². The molecular weight excluding hydrogens is 300 g/mol. The number of H-pyrrole nitrogens is 1. The predicted octanol–water partition coefficient (Wildman–Crippen LogP) is 1.82. The van der Waals surface area contributed by atoms with E-state index in [1.54, 1.807) is 12.1 Å². The van der Waals surface area contributed by atoms with E-state index in [2.05, 4.69) is 25.7 Å². The minimum Gasteiger partial charge on any atom is -0.260 e. The highest BCUT2D eigenvalue weighted by Gasteiger charge is 2.21. The first-order chi connectivity index (χ1) is 10.8. The molecule has 1 aromatic heterocycles. The highest BCUT2D eigenvalue weighted by atomic mass is 16.6. The third kappa shape index (κ3) is 4.19. The number of nitro benzene ring substituents is 1. The van der Waals surface area contributed by atoms with E-state index in [9.17, 15) is 14.9 Å². The number of hydrogen-bond donors (Lipinski definition) is 2. The van der Waals surface area contributed by atoms with Gasteiger partial charge in [-0.1, -0.05) is 32.9 Å². The van der Waals surface area contributed by atoms with Crippen LogP contribution >= 0.6 is 0 Å². The van der Waals surface area contributed by atoms with Crippen LogP contribution in [0, 0.1) is 10.1 Å². The number of rotatable bonds is 4. The lowest BCUT2D eigenvalue weighted by Gasteiger charge is -2.18. The minimum atomic E-state index is -0.592. The number of benzene rings is 1. The number of nitrogens with one attached hydrogen (secondary N) is 2. The van der Waals surface area contributed by atoms with E-state index in [1.165, 1.54) is 18.3 Å². The lowest BCUT2D eigenvalue weighted by atomic mass is 9.92. The molecule has 2 N–H and O–H groups in total. The molecule has 0 unspecified atom stereocenters. The van der Waals surface area contributed by atoms with Crippen LogP contribution < -0.4 is 11.1 Å². The average molecular weight is 316 g/mol. The molecule has 0 aliphatic rings. The van der Waals surface area contributed by atoms with Crippen LogP contribution in [0.2, 0.25) is 0 Å². The van der Waals surface area contributed by atoms with Gasteiger partial charge in [-0.2, -0.15) is 15.2 Å². The van der Waals surface area contributed by atoms with Crippen LogP contribution in [0.3, 0.4) is 0 Å². The fourth-order valence-corrected chi connectivity index (χ4v) is 1.82. The maximum absolute atomic E-state index is 11.3. The molecule has 2 aromatic rings. The number of aromatic amines is 1. The molecule has 0 bridgehead atoms. The summed E-state index contributed by atoms with van der Waals surface area (Å²) in [6, 6.07) is 6.02. The van der Waals surface area contributed by atoms with Gasteiger partial charge in [0.05, 0.1) is 11.1 Å². The quantitative estimate of drug-likeness (QED) is 0.503. The van der Waals surface area contributed by atoms with E-state index in [1.807, 2.05) is 20.8 Å². The first-order valence-electron chi connectivity index (χ1n) is 6.78. The Bertz CT molecular complexity index is 807. The molecule has 0 amide bonds. The van der Waals surface area contributed by atoms with Gasteiger partial charge in [0.25, 0.3) is 5.69 Å². The molecule has 0 radical (unpaired) electrons. The second-order valence-electron chi connectivity index (χ2n) is 5.81. The zero-order valence-electron chi connectivity index (χ0n) is 12.9. The van der Waals surface area contributed by atoms with Crippen LogP contribution in [-0.4, -0.2) is 26.3 Å². The standard InChI is InChI=1S/C14H16N6O3/c1-14(2,3)11-12(16-13(21)19-17-11)18-15-8-9-5-4-6-10(7-9)20(22)23/h4-8H,1-3H3,(H2,16,18,19,21)/b15-8+. The number of anilines is 1. The maximum atomic E-state index is 11.3. The van der Waals surface area contributed by atoms with Gasteiger partial charge in [0.15, 0.2) is 5.82 Å². The summed E-state index contributed by atoms with van der Waals surface area (Å²) in [6.07, 6.45) is 1.41. The highest BCUT2D eigenvalue weighted by Crippen LogP contribution is 2.24. The van der Waals surface area contributed by atoms with Gasteiger partial charge in [-0.15, -0.1) is 0 Å². The van der Waals surface area contributed by atoms with E-state index >= 15 is 0 Å². The predicted molar refractivity (Wildman–Crippen MR) is 85.7 cm³/mol. The van der Waals surface area contributed by atoms with Crippen LogP contribution in [0.1, 0.15) is 32.0 Å². The summed E-state index contributed by atoms with van der Waals surface area (Å²) in [4.78, 5) is 25.4. The van der Waals surface area contributed by atoms with Crippen molar-refractivity contribution in [1.82, 2.24) is 15.2 Å². The molecule has 120 valence electrons. The fourth-order valence-electron chi connectivity index (χ4n) is 1.82. The summed E-state index contributed by atoms with van der Waals surface area (Å²) in [5, 5.41) is 21.0. The van der Waals surface area contributed by atoms with E-state index < -0.39 is 10.6 Å². The Hall–Kier alpha value is -3.10. The second-order valence-corrected chi connectivity index (χ2v) is 5.81. The summed E-state index contributed by atoms with van der Waals surface area (Å²) >= 11 is 0. The van der Waals surface area contributed by atoms with E-state index in [-0.39, 0.29) is 16.9 Å². The number of nitrogens with zero attached hydrogens (tertiary/aromatic N) is 4. The van der Waals surface area contributed by atoms with Gasteiger partial charge in [-0.05, 0) is 0 Å². The molecule has 0 aliphatic carbocycles. The minimum absolute atomic E-state index is 0.0275. The molecule has 23 heavy (non-hydrogen) atoms. The third-order valence-corrected chi connectivity index (χ3v) is 2.88. The van der Waals surface area contributed by atoms with Crippen molar-refractivity contribution in [2.24, 2.45) is 5.10 Å². The Kier molecular flexibility index (Phi) is 4.49. The zero-order valence-corrected chi connectivity index (χ0v) is 12.9. The molecule has 9 heteroatoms. The fraction of sp³-hybridized carbons (Fsp3) is 0.286. The van der Waals surface area contributed by atoms with Crippen molar-refractivity contribution in [2.75, 3.05) is 5.43 Å². The van der Waals surface area contributed by atoms with Crippen LogP contribution in [-0.2, 0) is 5.41 Å². The molecule has 0 atom stereocenters. The van der Waals surface area contributed by atoms with Crippen LogP contribution in [0.15, 0.2) is 34.2 Å². The molecule has 0 spiro atoms. The Balaban J connectivity index is 2.24. The summed E-state index contributed by atoms with van der Waals surface area (Å²) in [7, 11) is 0. The molecule has 1 aromatic carbocycles. The van der Waals surface area contributed by atoms with Crippen molar-refractivity contribution in [3.8, 4) is 0 Å². The number of nitro groups is 1. The molecule has 0 saturated heterocycles. The zero-order chi connectivity index (χ0) is 17.0. The normalized spacial score (nSPS) is 11.6. The topological polar surface area (TPSA) is 126 Å². The third-order valence-electron chi connectivity index (χ3n) is 2.88. The lowest BCUT2D eigenvalue weighted by Crippen LogP contribution is -2.24. The molecule has 0 aliphatic heterocycles. The molecule has 0 saturated carbocycles. The Morgan fingerprint density at radius 3 is 2.78 bits per heavy atom. The van der Waals surface area contributed by atoms with Crippen molar-refractivity contribution >= 4 is 17.7 Å². The number of hydrogen-bond acceptors (Lipinski definition) is 7. The number of aromatic nitrogens is 3. The summed E-state index contributed by atoms with van der Waals surface area (Å²) in [5.74, 6) is 0.239. The van der Waals surface area contributed by atoms with Gasteiger partial charge in [0.1, 0.15) is 5.69 Å². The Labute approximate surface area is 131 Å². The van der Waals surface area contributed by atoms with Crippen molar-refractivity contribution in [3.05, 3.63) is 56.1 Å². The molecule has 9 nitrogen and oxygen atoms in total. The molecule has 1 heterocycles. The van der Waals surface area contributed by atoms with Crippen LogP contribution in [0.5, 0.6) is 0 Å². The molecule has 0 fully saturated rings. The van der Waals surface area contributed by atoms with Crippen molar-refractivity contribution in [2.45, 2.75) is 26.2 Å². The summed E-state index contributed by atoms with van der Waals surface area (Å²) in [6.45, 7) is 5.76. The first-order valence-corrected chi connectivity index (χ1v) is 6.78. The SMILES string of the molecule is CC(C)(C)c1n[nH]c(=O)nc1N/N=C/c1cccc([N+](=O)[O-])c1. The molecular formula is C14H16N6O3. The van der Waals surface area contributed by atoms with Crippen molar-refractivity contribution in [3.63, 3.8) is 0 Å². The van der Waals surface area contributed by atoms with Crippen LogP contribution in [0.4, 0.5) is 11.5 Å². The summed E-state index contributed by atoms with van der Waals surface area (Å²) < 4.78 is 0. The summed E-state index contributed by atoms with van der Waals surface area (Å²) in [5.41, 5.74) is 2.79. The smallest absolute Gasteiger partial charge is 0.260 e. The number of non-ortho nitro benzene ring substituents is 1. The average Bonchev–Trinajstić information content (AvgIpc) is 2.46. The Morgan fingerprint density at radius 1 is 1.39 bits per heavy atom. The van der Waals surface area contributed by atoms with E-state index in [0.717, 1.165) is 0 Å². The van der Waals surface area contributed by atoms with Crippen molar-refractivity contribution < 1.29 is 4.92 Å². The van der Waals surface area contributed by atoms with Crippen LogP contribution in [0.25, 0.3) is 0 Å². The van der Waals surface area contributed by atoms with Gasteiger partial charge < -0.3 is 0 Å². The molecule has 2 rings (SSSR count). The van der Waals surface area contributed by atoms with Gasteiger partial charge in [0, 0.05) is 23.1 Å². The lowest BCUT2D eigenvalue weighted by molar-refractivity contribution is -0.384. The van der Waals surface area contributed by atoms with E-state index in [4.69, 9.17) is 0 Å². The van der Waals surface area contributed by atoms with Gasteiger partial charge >= 0.3 is 5.69 Å². The Morgan fingerprint density at radius 2 is 2.13 bits per heavy atom. The second kappa shape index (κ2) is 6.34. The largest absolute Gasteiger partial charge is 0.363 e. The van der Waals surface area contributed by atoms with E-state index in [0.29, 0.717) is 11.3 Å². The maximum Gasteiger partial charge on any atom is 0.363 e. The first kappa shape index (κ1) is 16.3. The van der Waals surface area contributed by atoms with Gasteiger partial charge in [-0.3, -0.25) is 15.5 Å². The van der Waals surface area contributed by atoms with Gasteiger partial charge in [0.2, 0.25) is 0 Å². The monoisotopic (exact) mass is 316 g/mol.